The van der Waals surface area contributed by atoms with E-state index in [2.05, 4.69) is 62.5 Å². The van der Waals surface area contributed by atoms with Crippen LogP contribution in [0.4, 0.5) is 0 Å². The molecule has 0 aromatic carbocycles. The first-order chi connectivity index (χ1) is 18.1. The smallest absolute Gasteiger partial charge is 0.472 e. The van der Waals surface area contributed by atoms with E-state index in [4.69, 9.17) is 0 Å². The van der Waals surface area contributed by atoms with Crippen molar-refractivity contribution in [3.63, 3.8) is 0 Å². The van der Waals surface area contributed by atoms with E-state index < -0.39 is 57.6 Å². The van der Waals surface area contributed by atoms with Crippen molar-refractivity contribution < 1.29 is 47.8 Å². The zero-order valence-electron chi connectivity index (χ0n) is 22.5. The molecular formula is C26H44NO10P. The summed E-state index contributed by atoms with van der Waals surface area (Å²) in [5.74, 6) is -2.59. The van der Waals surface area contributed by atoms with Crippen LogP contribution in [0.1, 0.15) is 78.1 Å². The van der Waals surface area contributed by atoms with E-state index in [1.54, 1.807) is 0 Å². The topological polar surface area (TPSA) is 169 Å². The van der Waals surface area contributed by atoms with Crippen molar-refractivity contribution in [3.05, 3.63) is 36.5 Å². The van der Waals surface area contributed by atoms with Gasteiger partial charge in [-0.1, -0.05) is 62.6 Å². The first kappa shape index (κ1) is 35.7. The minimum absolute atomic E-state index is 0.124. The summed E-state index contributed by atoms with van der Waals surface area (Å²) in [5, 5.41) is 21.0. The summed E-state index contributed by atoms with van der Waals surface area (Å²) in [7, 11) is -4.71. The molecule has 0 aromatic rings. The van der Waals surface area contributed by atoms with E-state index in [9.17, 15) is 34.1 Å². The number of carboxylic acid groups (broad SMARTS) is 1. The molecule has 0 saturated heterocycles. The predicted molar refractivity (Wildman–Crippen MR) is 143 cm³/mol. The number of esters is 1. The molecule has 12 heteroatoms. The van der Waals surface area contributed by atoms with Crippen molar-refractivity contribution in [1.29, 1.82) is 0 Å². The number of nitrogens with one attached hydrogen (secondary N) is 1. The molecule has 0 aliphatic rings. The van der Waals surface area contributed by atoms with Crippen molar-refractivity contribution in [2.45, 2.75) is 90.2 Å². The summed E-state index contributed by atoms with van der Waals surface area (Å²) in [6.45, 7) is 1.30. The molecule has 1 amide bonds. The number of carboxylic acids is 1. The standard InChI is InChI=1S/C26H44NO10P/c1-3-4-5-6-7-8-9-10-11-12-13-14-15-16-17-18-25(30)27-24(26(31)32)21-37-38(33,34)36-20-23(29)19-35-22(2)28/h4-5,7-8,10-11,23-24,29H,3,6,9,12-21H2,1-2H3,(H,27,30)(H,31,32)(H,33,34)/b5-4-,8-7-,11-10-. The van der Waals surface area contributed by atoms with Crippen molar-refractivity contribution in [2.75, 3.05) is 19.8 Å². The summed E-state index contributed by atoms with van der Waals surface area (Å²) in [6, 6.07) is -1.55. The Balaban J connectivity index is 4.03. The minimum atomic E-state index is -4.71. The van der Waals surface area contributed by atoms with Gasteiger partial charge in [0.05, 0.1) is 13.2 Å². The van der Waals surface area contributed by atoms with Crippen molar-refractivity contribution in [2.24, 2.45) is 0 Å². The number of rotatable bonds is 23. The second kappa shape index (κ2) is 22.7. The van der Waals surface area contributed by atoms with E-state index in [1.807, 2.05) is 0 Å². The lowest BCUT2D eigenvalue weighted by Crippen LogP contribution is -2.43. The molecule has 0 saturated carbocycles. The van der Waals surface area contributed by atoms with Gasteiger partial charge < -0.3 is 25.2 Å². The lowest BCUT2D eigenvalue weighted by Gasteiger charge is -2.18. The number of carbonyl (C=O) groups excluding carboxylic acids is 2. The summed E-state index contributed by atoms with van der Waals surface area (Å²) >= 11 is 0. The third kappa shape index (κ3) is 22.9. The third-order valence-electron chi connectivity index (χ3n) is 5.00. The molecule has 4 N–H and O–H groups in total. The van der Waals surface area contributed by atoms with Crippen LogP contribution in [0.25, 0.3) is 0 Å². The Labute approximate surface area is 225 Å². The van der Waals surface area contributed by atoms with Crippen LogP contribution in [0.3, 0.4) is 0 Å². The number of amides is 1. The Hall–Kier alpha value is -2.30. The molecule has 0 spiro atoms. The van der Waals surface area contributed by atoms with E-state index in [-0.39, 0.29) is 6.42 Å². The molecule has 0 aliphatic carbocycles. The predicted octanol–water partition coefficient (Wildman–Crippen LogP) is 4.20. The first-order valence-corrected chi connectivity index (χ1v) is 14.5. The van der Waals surface area contributed by atoms with Gasteiger partial charge in [-0.25, -0.2) is 9.36 Å². The number of ether oxygens (including phenoxy) is 1. The van der Waals surface area contributed by atoms with Crippen LogP contribution in [0, 0.1) is 0 Å². The molecule has 0 rings (SSSR count). The van der Waals surface area contributed by atoms with E-state index in [0.717, 1.165) is 58.3 Å². The zero-order valence-corrected chi connectivity index (χ0v) is 23.4. The van der Waals surface area contributed by atoms with Gasteiger partial charge in [0, 0.05) is 13.3 Å². The maximum atomic E-state index is 12.1. The number of aliphatic hydroxyl groups excluding tert-OH is 1. The lowest BCUT2D eigenvalue weighted by atomic mass is 10.1. The highest BCUT2D eigenvalue weighted by Crippen LogP contribution is 2.43. The number of allylic oxidation sites excluding steroid dienone is 6. The monoisotopic (exact) mass is 561 g/mol. The second-order valence-electron chi connectivity index (χ2n) is 8.58. The normalized spacial score (nSPS) is 15.1. The largest absolute Gasteiger partial charge is 0.480 e. The van der Waals surface area contributed by atoms with Gasteiger partial charge in [-0.3, -0.25) is 18.6 Å². The van der Waals surface area contributed by atoms with E-state index >= 15 is 0 Å². The maximum Gasteiger partial charge on any atom is 0.472 e. The number of phosphoric acid groups is 1. The highest BCUT2D eigenvalue weighted by atomic mass is 31.2. The maximum absolute atomic E-state index is 12.1. The molecule has 38 heavy (non-hydrogen) atoms. The SMILES string of the molecule is CC/C=C\C/C=C\C/C=C\CCCCCCCC(=O)NC(COP(=O)(O)OCC(O)COC(C)=O)C(=O)O. The minimum Gasteiger partial charge on any atom is -0.480 e. The Bertz CT molecular complexity index is 812. The van der Waals surface area contributed by atoms with Crippen LogP contribution in [0.5, 0.6) is 0 Å². The molecule has 3 unspecified atom stereocenters. The van der Waals surface area contributed by atoms with Crippen LogP contribution >= 0.6 is 7.82 Å². The van der Waals surface area contributed by atoms with Crippen molar-refractivity contribution >= 4 is 25.7 Å². The van der Waals surface area contributed by atoms with Crippen LogP contribution in [0.15, 0.2) is 36.5 Å². The number of aliphatic hydroxyl groups is 1. The average molecular weight is 562 g/mol. The van der Waals surface area contributed by atoms with Crippen LogP contribution in [-0.2, 0) is 32.7 Å². The molecule has 218 valence electrons. The van der Waals surface area contributed by atoms with E-state index in [0.29, 0.717) is 6.42 Å². The molecular weight excluding hydrogens is 517 g/mol. The molecule has 0 heterocycles. The number of phosphoric ester groups is 1. The molecule has 0 bridgehead atoms. The highest BCUT2D eigenvalue weighted by Gasteiger charge is 2.28. The third-order valence-corrected chi connectivity index (χ3v) is 5.95. The summed E-state index contributed by atoms with van der Waals surface area (Å²) in [6.07, 6.45) is 20.1. The molecule has 0 fully saturated rings. The number of carbonyl (C=O) groups is 3. The summed E-state index contributed by atoms with van der Waals surface area (Å²) < 4.78 is 25.6. The number of hydrogen-bond acceptors (Lipinski definition) is 8. The number of aliphatic carboxylic acids is 1. The summed E-state index contributed by atoms with van der Waals surface area (Å²) in [4.78, 5) is 43.8. The fourth-order valence-corrected chi connectivity index (χ4v) is 3.77. The summed E-state index contributed by atoms with van der Waals surface area (Å²) in [5.41, 5.74) is 0. The molecule has 0 radical (unpaired) electrons. The molecule has 0 aliphatic heterocycles. The number of unbranched alkanes of at least 4 members (excludes halogenated alkanes) is 5. The van der Waals surface area contributed by atoms with Gasteiger partial charge in [-0.05, 0) is 38.5 Å². The van der Waals surface area contributed by atoms with Crippen LogP contribution in [-0.4, -0.2) is 64.9 Å². The molecule has 0 aromatic heterocycles. The van der Waals surface area contributed by atoms with Gasteiger partial charge in [0.15, 0.2) is 6.04 Å². The fourth-order valence-electron chi connectivity index (χ4n) is 2.99. The highest BCUT2D eigenvalue weighted by molar-refractivity contribution is 7.47. The fraction of sp³-hybridized carbons (Fsp3) is 0.654. The van der Waals surface area contributed by atoms with Gasteiger partial charge in [0.25, 0.3) is 0 Å². The Morgan fingerprint density at radius 1 is 0.868 bits per heavy atom. The van der Waals surface area contributed by atoms with Gasteiger partial charge in [0.1, 0.15) is 12.7 Å². The average Bonchev–Trinajstić information content (AvgIpc) is 2.86. The number of hydrogen-bond donors (Lipinski definition) is 4. The van der Waals surface area contributed by atoms with Crippen molar-refractivity contribution in [1.82, 2.24) is 5.32 Å². The Kier molecular flexibility index (Phi) is 21.3. The quantitative estimate of drug-likeness (QED) is 0.0614. The van der Waals surface area contributed by atoms with Gasteiger partial charge in [-0.2, -0.15) is 0 Å². The van der Waals surface area contributed by atoms with Gasteiger partial charge in [-0.15, -0.1) is 0 Å². The van der Waals surface area contributed by atoms with Crippen LogP contribution in [0.2, 0.25) is 0 Å². The Morgan fingerprint density at radius 2 is 1.45 bits per heavy atom. The van der Waals surface area contributed by atoms with Crippen molar-refractivity contribution in [3.8, 4) is 0 Å². The zero-order chi connectivity index (χ0) is 28.7. The van der Waals surface area contributed by atoms with Gasteiger partial charge in [0.2, 0.25) is 5.91 Å². The lowest BCUT2D eigenvalue weighted by molar-refractivity contribution is -0.144. The first-order valence-electron chi connectivity index (χ1n) is 13.0. The molecule has 11 nitrogen and oxygen atoms in total. The van der Waals surface area contributed by atoms with Crippen LogP contribution < -0.4 is 5.32 Å². The molecule has 3 atom stereocenters. The van der Waals surface area contributed by atoms with Gasteiger partial charge >= 0.3 is 19.8 Å². The Morgan fingerprint density at radius 3 is 2.08 bits per heavy atom. The van der Waals surface area contributed by atoms with E-state index in [1.165, 1.54) is 0 Å². The second-order valence-corrected chi connectivity index (χ2v) is 10.0.